The third-order valence-electron chi connectivity index (χ3n) is 20.9. The maximum Gasteiger partial charge on any atom is 0.326 e. The van der Waals surface area contributed by atoms with Crippen molar-refractivity contribution in [2.24, 2.45) is 29.6 Å². The van der Waals surface area contributed by atoms with Crippen LogP contribution in [0, 0.1) is 29.6 Å². The molecule has 0 aromatic heterocycles. The lowest BCUT2D eigenvalue weighted by Crippen LogP contribution is -2.60. The number of carbonyl (C=O) groups is 8. The number of carbonyl (C=O) groups excluding carboxylic acids is 7. The van der Waals surface area contributed by atoms with Crippen molar-refractivity contribution in [2.45, 2.75) is 328 Å². The lowest BCUT2D eigenvalue weighted by Gasteiger charge is -2.42. The van der Waals surface area contributed by atoms with Crippen molar-refractivity contribution < 1.29 is 52.9 Å². The van der Waals surface area contributed by atoms with E-state index in [1.165, 1.54) is 150 Å². The van der Waals surface area contributed by atoms with Crippen LogP contribution in [0.5, 0.6) is 0 Å². The van der Waals surface area contributed by atoms with Crippen LogP contribution >= 0.6 is 0 Å². The normalized spacial score (nSPS) is 22.0. The van der Waals surface area contributed by atoms with E-state index >= 15 is 9.59 Å². The van der Waals surface area contributed by atoms with Crippen molar-refractivity contribution in [3.8, 4) is 0 Å². The zero-order valence-electron chi connectivity index (χ0n) is 60.5. The van der Waals surface area contributed by atoms with Gasteiger partial charge in [0.25, 0.3) is 11.8 Å². The van der Waals surface area contributed by atoms with Gasteiger partial charge in [-0.05, 0) is 61.3 Å². The fraction of sp³-hybridized carbons (Fsp3) is 0.792. The number of benzene rings is 1. The van der Waals surface area contributed by atoms with E-state index in [4.69, 9.17) is 9.47 Å². The van der Waals surface area contributed by atoms with E-state index < -0.39 is 66.1 Å². The highest BCUT2D eigenvalue weighted by Gasteiger charge is 2.50. The average molecular weight is 1320 g/mol. The number of carboxylic acids is 1. The Balaban J connectivity index is 1.62. The molecular formula is C77H130N6O11. The first-order valence-electron chi connectivity index (χ1n) is 37.5. The van der Waals surface area contributed by atoms with Gasteiger partial charge < -0.3 is 39.9 Å². The summed E-state index contributed by atoms with van der Waals surface area (Å²) in [4.78, 5) is 117. The van der Waals surface area contributed by atoms with Crippen molar-refractivity contribution in [1.29, 1.82) is 0 Å². The predicted octanol–water partition coefficient (Wildman–Crippen LogP) is 14.4. The van der Waals surface area contributed by atoms with Gasteiger partial charge in [-0.15, -0.1) is 0 Å². The number of hydrogen-bond acceptors (Lipinski definition) is 10. The number of rotatable bonds is 27. The largest absolute Gasteiger partial charge is 0.480 e. The second kappa shape index (κ2) is 45.4. The van der Waals surface area contributed by atoms with Gasteiger partial charge in [0.05, 0.1) is 36.6 Å². The first-order valence-corrected chi connectivity index (χ1v) is 37.5. The molecule has 534 valence electrons. The highest BCUT2D eigenvalue weighted by Crippen LogP contribution is 2.44. The molecule has 2 heterocycles. The lowest BCUT2D eigenvalue weighted by atomic mass is 9.88. The SMILES string of the molecule is CC[C@H](C)[C@@H]([C@@H](CC(=O)N1[C@H]2CC2CCCCCCCCCCCCCCCCCCCCCCCCCCCC[C@H]1[C@H](OC)[C@@H](C)C(=O)N[C@@H](Cc1ccccc1)C(=O)O)OC)N(C)C(=O)[C@@H](NC(=O)[C@H](C(C)C)N(C)C(=O)CCCCCN1C(=O)C=CC1=O)C(C)C. The minimum absolute atomic E-state index is 0.0647. The standard InChI is InChI=1S/C77H130N6O11/c1-12-58(6)72(81(9)76(90)70(56(2)3)79-75(89)71(57(4)5)80(8)66(84)49-43-38-44-52-82-67(85)50-51-68(82)86)65(93-10)55-69(87)83-63(73(94-11)59(7)74(88)78-62(77(91)92)53-60-45-39-37-40-46-60)48-42-36-34-32-30-28-26-24-22-20-18-16-14-13-15-17-19-21-23-25-27-29-31-33-35-41-47-61-54-64(61)83/h37,39-40,45-46,50-51,56-59,61-65,70-73H,12-36,38,41-44,47-49,52-55H2,1-11H3,(H,78,88)(H,79,89)(H,91,92)/t58-,59+,61?,62-,63-,64-,65+,70-,71-,72-,73+/m0/s1. The number of ether oxygens (including phenoxy) is 2. The molecule has 4 rings (SSSR count). The summed E-state index contributed by atoms with van der Waals surface area (Å²) in [6.07, 6.45) is 38.3. The summed E-state index contributed by atoms with van der Waals surface area (Å²) in [7, 11) is 6.52. The van der Waals surface area contributed by atoms with Gasteiger partial charge in [0.15, 0.2) is 0 Å². The molecule has 3 aliphatic rings. The van der Waals surface area contributed by atoms with Crippen LogP contribution in [-0.2, 0) is 54.3 Å². The number of nitrogens with one attached hydrogen (secondary N) is 2. The Bertz CT molecular complexity index is 2400. The Kier molecular flexibility index (Phi) is 39.2. The van der Waals surface area contributed by atoms with Crippen molar-refractivity contribution in [2.75, 3.05) is 34.9 Å². The molecule has 3 N–H and O–H groups in total. The summed E-state index contributed by atoms with van der Waals surface area (Å²) < 4.78 is 12.9. The van der Waals surface area contributed by atoms with Gasteiger partial charge in [-0.25, -0.2) is 4.79 Å². The van der Waals surface area contributed by atoms with Crippen LogP contribution in [0.2, 0.25) is 0 Å². The van der Waals surface area contributed by atoms with E-state index in [1.807, 2.05) is 69.9 Å². The number of amides is 7. The van der Waals surface area contributed by atoms with Gasteiger partial charge in [0.1, 0.15) is 18.1 Å². The number of hydrogen-bond donors (Lipinski definition) is 3. The molecule has 1 saturated heterocycles. The van der Waals surface area contributed by atoms with Crippen LogP contribution < -0.4 is 10.6 Å². The minimum Gasteiger partial charge on any atom is -0.480 e. The number of imide groups is 1. The number of methoxy groups -OCH3 is 2. The Morgan fingerprint density at radius 2 is 1.10 bits per heavy atom. The summed E-state index contributed by atoms with van der Waals surface area (Å²) in [5, 5.41) is 16.4. The number of likely N-dealkylation sites (N-methyl/N-ethyl adjacent to an activating group) is 2. The third-order valence-corrected chi connectivity index (χ3v) is 20.9. The summed E-state index contributed by atoms with van der Waals surface area (Å²) in [6, 6.07) is 4.97. The lowest BCUT2D eigenvalue weighted by molar-refractivity contribution is -0.151. The Hall–Kier alpha value is -5.16. The van der Waals surface area contributed by atoms with Crippen molar-refractivity contribution in [3.63, 3.8) is 0 Å². The van der Waals surface area contributed by atoms with Crippen LogP contribution in [0.25, 0.3) is 0 Å². The van der Waals surface area contributed by atoms with Crippen molar-refractivity contribution in [1.82, 2.24) is 30.2 Å². The Labute approximate surface area is 568 Å². The summed E-state index contributed by atoms with van der Waals surface area (Å²) in [5.41, 5.74) is 0.785. The van der Waals surface area contributed by atoms with E-state index in [2.05, 4.69) is 17.6 Å². The molecule has 2 aliphatic heterocycles. The maximum atomic E-state index is 16.0. The molecule has 94 heavy (non-hydrogen) atoms. The molecule has 2 fully saturated rings. The zero-order chi connectivity index (χ0) is 69.0. The second-order valence-electron chi connectivity index (χ2n) is 29.0. The van der Waals surface area contributed by atoms with Crippen molar-refractivity contribution in [3.05, 3.63) is 48.0 Å². The predicted molar refractivity (Wildman–Crippen MR) is 375 cm³/mol. The fourth-order valence-corrected chi connectivity index (χ4v) is 14.8. The van der Waals surface area contributed by atoms with Gasteiger partial charge in [-0.3, -0.25) is 38.5 Å². The Morgan fingerprint density at radius 1 is 0.606 bits per heavy atom. The molecule has 11 atom stereocenters. The van der Waals surface area contributed by atoms with Gasteiger partial charge in [-0.2, -0.15) is 0 Å². The molecular weight excluding hydrogens is 1180 g/mol. The molecule has 1 aromatic rings. The maximum absolute atomic E-state index is 16.0. The molecule has 0 radical (unpaired) electrons. The van der Waals surface area contributed by atoms with E-state index in [-0.39, 0.29) is 85.1 Å². The third kappa shape index (κ3) is 28.1. The van der Waals surface area contributed by atoms with Crippen LogP contribution in [0.3, 0.4) is 0 Å². The number of fused-ring (bicyclic) bond motifs is 1. The van der Waals surface area contributed by atoms with E-state index in [1.54, 1.807) is 40.1 Å². The first-order chi connectivity index (χ1) is 45.2. The molecule has 1 saturated carbocycles. The molecule has 0 spiro atoms. The molecule has 1 aliphatic carbocycles. The molecule has 0 bridgehead atoms. The van der Waals surface area contributed by atoms with E-state index in [0.717, 1.165) is 56.9 Å². The molecule has 17 nitrogen and oxygen atoms in total. The second-order valence-corrected chi connectivity index (χ2v) is 29.0. The monoisotopic (exact) mass is 1310 g/mol. The van der Waals surface area contributed by atoms with E-state index in [0.29, 0.717) is 32.1 Å². The average Bonchev–Trinajstić information content (AvgIpc) is 1.68. The zero-order valence-corrected chi connectivity index (χ0v) is 60.5. The summed E-state index contributed by atoms with van der Waals surface area (Å²) >= 11 is 0. The summed E-state index contributed by atoms with van der Waals surface area (Å²) in [5.74, 6) is -4.83. The summed E-state index contributed by atoms with van der Waals surface area (Å²) in [6.45, 7) is 13.7. The van der Waals surface area contributed by atoms with Crippen LogP contribution in [-0.4, -0.2) is 155 Å². The fourth-order valence-electron chi connectivity index (χ4n) is 14.8. The van der Waals surface area contributed by atoms with Crippen LogP contribution in [0.4, 0.5) is 0 Å². The minimum atomic E-state index is -1.18. The highest BCUT2D eigenvalue weighted by atomic mass is 16.5. The Morgan fingerprint density at radius 3 is 1.54 bits per heavy atom. The first kappa shape index (κ1) is 81.3. The van der Waals surface area contributed by atoms with E-state index in [9.17, 15) is 33.9 Å². The number of carboxylic acid groups (broad SMARTS) is 1. The molecule has 17 heteroatoms. The number of nitrogens with zero attached hydrogens (tertiary/aromatic N) is 4. The van der Waals surface area contributed by atoms with Crippen LogP contribution in [0.15, 0.2) is 42.5 Å². The quantitative estimate of drug-likeness (QED) is 0.0557. The molecule has 7 amide bonds. The molecule has 1 unspecified atom stereocenters. The van der Waals surface area contributed by atoms with Gasteiger partial charge in [-0.1, -0.05) is 259 Å². The number of aliphatic carboxylic acids is 1. The smallest absolute Gasteiger partial charge is 0.326 e. The topological polar surface area (TPSA) is 212 Å². The van der Waals surface area contributed by atoms with Gasteiger partial charge >= 0.3 is 5.97 Å². The molecule has 1 aromatic carbocycles. The number of unbranched alkanes of at least 4 members (excludes halogenated alkanes) is 2. The van der Waals surface area contributed by atoms with Crippen LogP contribution in [0.1, 0.15) is 279 Å². The highest BCUT2D eigenvalue weighted by molar-refractivity contribution is 6.12. The van der Waals surface area contributed by atoms with Crippen molar-refractivity contribution >= 4 is 47.3 Å². The van der Waals surface area contributed by atoms with Gasteiger partial charge in [0.2, 0.25) is 29.5 Å². The van der Waals surface area contributed by atoms with Gasteiger partial charge in [0, 0.05) is 65.9 Å².